The van der Waals surface area contributed by atoms with Crippen molar-refractivity contribution in [2.75, 3.05) is 20.3 Å². The Morgan fingerprint density at radius 2 is 1.82 bits per heavy atom. The van der Waals surface area contributed by atoms with Crippen molar-refractivity contribution in [3.63, 3.8) is 0 Å². The van der Waals surface area contributed by atoms with Crippen molar-refractivity contribution in [1.29, 1.82) is 0 Å². The number of rotatable bonds is 10. The number of aryl methyl sites for hydroxylation is 2. The van der Waals surface area contributed by atoms with Gasteiger partial charge in [0.15, 0.2) is 0 Å². The van der Waals surface area contributed by atoms with Crippen molar-refractivity contribution in [3.05, 3.63) is 110 Å². The predicted octanol–water partition coefficient (Wildman–Crippen LogP) is 5.40. The van der Waals surface area contributed by atoms with Crippen molar-refractivity contribution in [2.45, 2.75) is 39.7 Å². The van der Waals surface area contributed by atoms with Crippen molar-refractivity contribution >= 4 is 22.5 Å². The van der Waals surface area contributed by atoms with Crippen LogP contribution in [0.4, 0.5) is 5.69 Å². The molecule has 4 rings (SSSR count). The van der Waals surface area contributed by atoms with Crippen LogP contribution >= 0.6 is 0 Å². The lowest BCUT2D eigenvalue weighted by atomic mass is 10.1. The maximum atomic E-state index is 13.9. The molecule has 0 bridgehead atoms. The van der Waals surface area contributed by atoms with Gasteiger partial charge in [0.2, 0.25) is 0 Å². The van der Waals surface area contributed by atoms with Gasteiger partial charge in [-0.05, 0) is 55.7 Å². The minimum Gasteiger partial charge on any atom is -0.383 e. The molecule has 1 aromatic heterocycles. The van der Waals surface area contributed by atoms with Gasteiger partial charge in [0, 0.05) is 30.8 Å². The Hall–Kier alpha value is -4.37. The Balaban J connectivity index is 1.92. The van der Waals surface area contributed by atoms with Crippen LogP contribution in [-0.2, 0) is 11.2 Å². The Morgan fingerprint density at radius 3 is 2.46 bits per heavy atom. The van der Waals surface area contributed by atoms with Crippen LogP contribution in [0.3, 0.4) is 0 Å². The minimum atomic E-state index is -0.615. The third-order valence-electron chi connectivity index (χ3n) is 6.92. The molecule has 0 aliphatic heterocycles. The van der Waals surface area contributed by atoms with Gasteiger partial charge in [-0.2, -0.15) is 0 Å². The first-order valence-corrected chi connectivity index (χ1v) is 13.0. The standard InChI is InChI=1S/C30H32N4O5/c1-5-21-12-15-23(16-13-21)33-28(31-25-10-8-7-9-24(25)30(33)36)26(6-2)32(17-18-39-4)29(35)22-14-11-20(3)27(19-22)34(37)38/h7-16,19,26H,5-6,17-18H2,1-4H3. The quantitative estimate of drug-likeness (QED) is 0.201. The summed E-state index contributed by atoms with van der Waals surface area (Å²) in [6.45, 7) is 6.05. The monoisotopic (exact) mass is 528 g/mol. The minimum absolute atomic E-state index is 0.127. The fourth-order valence-corrected chi connectivity index (χ4v) is 4.74. The van der Waals surface area contributed by atoms with Crippen LogP contribution in [-0.4, -0.2) is 45.5 Å². The highest BCUT2D eigenvalue weighted by Gasteiger charge is 2.30. The molecule has 1 heterocycles. The van der Waals surface area contributed by atoms with Crippen molar-refractivity contribution < 1.29 is 14.5 Å². The van der Waals surface area contributed by atoms with E-state index < -0.39 is 16.9 Å². The molecular formula is C30H32N4O5. The first kappa shape index (κ1) is 27.7. The zero-order chi connectivity index (χ0) is 28.1. The van der Waals surface area contributed by atoms with E-state index in [4.69, 9.17) is 9.72 Å². The van der Waals surface area contributed by atoms with Crippen LogP contribution in [0.15, 0.2) is 71.5 Å². The Kier molecular flexibility index (Phi) is 8.51. The topological polar surface area (TPSA) is 108 Å². The van der Waals surface area contributed by atoms with Crippen LogP contribution < -0.4 is 5.56 Å². The highest BCUT2D eigenvalue weighted by atomic mass is 16.6. The number of hydrogen-bond acceptors (Lipinski definition) is 6. The van der Waals surface area contributed by atoms with Gasteiger partial charge in [0.25, 0.3) is 17.2 Å². The van der Waals surface area contributed by atoms with Crippen LogP contribution in [0.5, 0.6) is 0 Å². The molecule has 39 heavy (non-hydrogen) atoms. The van der Waals surface area contributed by atoms with E-state index in [0.29, 0.717) is 34.4 Å². The van der Waals surface area contributed by atoms with Gasteiger partial charge in [0.1, 0.15) is 5.82 Å². The second-order valence-electron chi connectivity index (χ2n) is 9.32. The molecule has 1 unspecified atom stereocenters. The molecule has 9 heteroatoms. The molecular weight excluding hydrogens is 496 g/mol. The van der Waals surface area contributed by atoms with E-state index in [-0.39, 0.29) is 30.0 Å². The molecule has 4 aromatic rings. The van der Waals surface area contributed by atoms with Crippen LogP contribution in [0, 0.1) is 17.0 Å². The molecule has 0 N–H and O–H groups in total. The third-order valence-corrected chi connectivity index (χ3v) is 6.92. The second kappa shape index (κ2) is 12.0. The van der Waals surface area contributed by atoms with E-state index in [1.807, 2.05) is 37.3 Å². The average Bonchev–Trinajstić information content (AvgIpc) is 2.95. The predicted molar refractivity (Wildman–Crippen MR) is 150 cm³/mol. The SMILES string of the molecule is CCc1ccc(-n2c(C(CC)N(CCOC)C(=O)c3ccc(C)c([N+](=O)[O-])c3)nc3ccccc3c2=O)cc1. The van der Waals surface area contributed by atoms with E-state index in [1.165, 1.54) is 6.07 Å². The van der Waals surface area contributed by atoms with Crippen LogP contribution in [0.25, 0.3) is 16.6 Å². The van der Waals surface area contributed by atoms with Gasteiger partial charge in [-0.15, -0.1) is 0 Å². The Bertz CT molecular complexity index is 1560. The summed E-state index contributed by atoms with van der Waals surface area (Å²) in [7, 11) is 1.54. The van der Waals surface area contributed by atoms with Crippen LogP contribution in [0.2, 0.25) is 0 Å². The number of nitrogens with zero attached hydrogens (tertiary/aromatic N) is 4. The number of nitro groups is 1. The number of para-hydroxylation sites is 1. The van der Waals surface area contributed by atoms with Gasteiger partial charge in [-0.25, -0.2) is 4.98 Å². The molecule has 0 radical (unpaired) electrons. The summed E-state index contributed by atoms with van der Waals surface area (Å²) in [5.41, 5.74) is 2.60. The molecule has 0 aliphatic rings. The number of ether oxygens (including phenoxy) is 1. The zero-order valence-electron chi connectivity index (χ0n) is 22.6. The number of carbonyl (C=O) groups excluding carboxylic acids is 1. The molecule has 1 amide bonds. The second-order valence-corrected chi connectivity index (χ2v) is 9.32. The maximum absolute atomic E-state index is 13.9. The summed E-state index contributed by atoms with van der Waals surface area (Å²) in [5.74, 6) is 0.00815. The first-order valence-electron chi connectivity index (χ1n) is 13.0. The van der Waals surface area contributed by atoms with E-state index in [2.05, 4.69) is 6.92 Å². The van der Waals surface area contributed by atoms with Gasteiger partial charge in [-0.1, -0.05) is 44.2 Å². The summed E-state index contributed by atoms with van der Waals surface area (Å²) in [6, 6.07) is 18.7. The first-order chi connectivity index (χ1) is 18.8. The summed E-state index contributed by atoms with van der Waals surface area (Å²) >= 11 is 0. The smallest absolute Gasteiger partial charge is 0.273 e. The molecule has 0 spiro atoms. The van der Waals surface area contributed by atoms with Gasteiger partial charge >= 0.3 is 0 Å². The average molecular weight is 529 g/mol. The van der Waals surface area contributed by atoms with E-state index in [9.17, 15) is 19.7 Å². The third kappa shape index (κ3) is 5.58. The number of benzene rings is 3. The fourth-order valence-electron chi connectivity index (χ4n) is 4.74. The van der Waals surface area contributed by atoms with Crippen LogP contribution in [0.1, 0.15) is 53.6 Å². The number of nitro benzene ring substituents is 1. The number of fused-ring (bicyclic) bond motifs is 1. The number of methoxy groups -OCH3 is 1. The molecule has 202 valence electrons. The largest absolute Gasteiger partial charge is 0.383 e. The normalized spacial score (nSPS) is 11.9. The zero-order valence-corrected chi connectivity index (χ0v) is 22.6. The summed E-state index contributed by atoms with van der Waals surface area (Å²) in [5, 5.41) is 12.0. The number of aromatic nitrogens is 2. The number of carbonyl (C=O) groups is 1. The number of hydrogen-bond donors (Lipinski definition) is 0. The van der Waals surface area contributed by atoms with E-state index in [0.717, 1.165) is 12.0 Å². The molecule has 0 saturated carbocycles. The highest BCUT2D eigenvalue weighted by Crippen LogP contribution is 2.29. The summed E-state index contributed by atoms with van der Waals surface area (Å²) in [6.07, 6.45) is 1.30. The highest BCUT2D eigenvalue weighted by molar-refractivity contribution is 5.95. The van der Waals surface area contributed by atoms with Gasteiger partial charge in [-0.3, -0.25) is 24.3 Å². The molecule has 0 fully saturated rings. The van der Waals surface area contributed by atoms with E-state index >= 15 is 0 Å². The van der Waals surface area contributed by atoms with Gasteiger partial charge in [0.05, 0.1) is 34.2 Å². The van der Waals surface area contributed by atoms with Gasteiger partial charge < -0.3 is 9.64 Å². The summed E-state index contributed by atoms with van der Waals surface area (Å²) in [4.78, 5) is 45.4. The van der Waals surface area contributed by atoms with Crippen molar-refractivity contribution in [3.8, 4) is 5.69 Å². The maximum Gasteiger partial charge on any atom is 0.273 e. The molecule has 1 atom stereocenters. The molecule has 9 nitrogen and oxygen atoms in total. The lowest BCUT2D eigenvalue weighted by Crippen LogP contribution is -2.40. The molecule has 3 aromatic carbocycles. The molecule has 0 saturated heterocycles. The Morgan fingerprint density at radius 1 is 1.10 bits per heavy atom. The fraction of sp³-hybridized carbons (Fsp3) is 0.300. The Labute approximate surface area is 226 Å². The van der Waals surface area contributed by atoms with Crippen molar-refractivity contribution in [2.24, 2.45) is 0 Å². The lowest BCUT2D eigenvalue weighted by Gasteiger charge is -2.32. The lowest BCUT2D eigenvalue weighted by molar-refractivity contribution is -0.385. The van der Waals surface area contributed by atoms with Crippen molar-refractivity contribution in [1.82, 2.24) is 14.5 Å². The molecule has 0 aliphatic carbocycles. The van der Waals surface area contributed by atoms with E-state index in [1.54, 1.807) is 53.8 Å². The number of amides is 1. The summed E-state index contributed by atoms with van der Waals surface area (Å²) < 4.78 is 6.88.